The van der Waals surface area contributed by atoms with Gasteiger partial charge in [0.05, 0.1) is 17.4 Å². The highest BCUT2D eigenvalue weighted by Crippen LogP contribution is 2.53. The summed E-state index contributed by atoms with van der Waals surface area (Å²) in [6.45, 7) is 9.25. The van der Waals surface area contributed by atoms with Crippen LogP contribution in [-0.4, -0.2) is 52.5 Å². The molecule has 7 heteroatoms. The van der Waals surface area contributed by atoms with E-state index in [4.69, 9.17) is 14.5 Å². The number of aryl methyl sites for hydroxylation is 1. The molecule has 0 spiro atoms. The summed E-state index contributed by atoms with van der Waals surface area (Å²) in [4.78, 5) is 35.5. The van der Waals surface area contributed by atoms with Crippen molar-refractivity contribution in [2.24, 2.45) is 23.7 Å². The molecule has 1 aromatic heterocycles. The molecule has 0 radical (unpaired) electrons. The molecule has 1 N–H and O–H groups in total. The van der Waals surface area contributed by atoms with Gasteiger partial charge in [-0.3, -0.25) is 9.59 Å². The van der Waals surface area contributed by atoms with E-state index in [-0.39, 0.29) is 29.7 Å². The Balaban J connectivity index is 1.21. The molecule has 0 amide bonds. The highest BCUT2D eigenvalue weighted by Gasteiger charge is 2.50. The van der Waals surface area contributed by atoms with E-state index in [2.05, 4.69) is 53.3 Å². The second-order valence-electron chi connectivity index (χ2n) is 12.8. The topological polar surface area (TPSA) is 84.5 Å². The zero-order valence-corrected chi connectivity index (χ0v) is 25.7. The zero-order valence-electron chi connectivity index (χ0n) is 25.7. The molecule has 1 saturated carbocycles. The predicted molar refractivity (Wildman–Crippen MR) is 166 cm³/mol. The quantitative estimate of drug-likeness (QED) is 0.189. The first-order chi connectivity index (χ1) is 20.1. The standard InChI is InChI=1S/C35H45N3O4/c1-23(2)33(39)41-30-14-9-13-29-32(30)37-31(36-29)15-10-19-38(5)20-18-35(42-34(40)24(3)4)22-26-16-17-27(35)21-28(26)25-11-7-6-8-12-25/h6-9,11-14,21,23-24,26-27H,10,15-20,22H2,1-5H3,(H,36,37)/t26-,27-,35+/m1/s1. The zero-order chi connectivity index (χ0) is 29.9. The molecule has 3 aromatic rings. The fourth-order valence-electron chi connectivity index (χ4n) is 6.40. The van der Waals surface area contributed by atoms with Gasteiger partial charge in [0, 0.05) is 25.3 Å². The van der Waals surface area contributed by atoms with Gasteiger partial charge >= 0.3 is 11.9 Å². The Bertz CT molecular complexity index is 1430. The number of fused-ring (bicyclic) bond motifs is 3. The van der Waals surface area contributed by atoms with Crippen LogP contribution in [0.25, 0.3) is 16.6 Å². The van der Waals surface area contributed by atoms with Crippen LogP contribution in [0.4, 0.5) is 0 Å². The number of hydrogen-bond acceptors (Lipinski definition) is 6. The Kier molecular flexibility index (Phi) is 9.16. The number of carbonyl (C=O) groups is 2. The van der Waals surface area contributed by atoms with Crippen molar-refractivity contribution < 1.29 is 19.1 Å². The van der Waals surface area contributed by atoms with Gasteiger partial charge in [-0.15, -0.1) is 0 Å². The molecule has 3 aliphatic rings. The number of nitrogens with one attached hydrogen (secondary N) is 1. The first-order valence-corrected chi connectivity index (χ1v) is 15.5. The van der Waals surface area contributed by atoms with Crippen LogP contribution in [0.3, 0.4) is 0 Å². The SMILES string of the molecule is CC(C)C(=O)Oc1cccc2[nH]c(CCCN(C)CC[C@]3(OC(=O)C(C)C)C[C@H]4CC[C@@H]3C=C4c3ccccc3)nc12. The Morgan fingerprint density at radius 2 is 1.76 bits per heavy atom. The van der Waals surface area contributed by atoms with Crippen molar-refractivity contribution in [3.8, 4) is 5.75 Å². The van der Waals surface area contributed by atoms with Crippen molar-refractivity contribution in [3.05, 3.63) is 66.0 Å². The van der Waals surface area contributed by atoms with Gasteiger partial charge in [0.25, 0.3) is 0 Å². The lowest BCUT2D eigenvalue weighted by atomic mass is 9.60. The normalized spacial score (nSPS) is 21.8. The van der Waals surface area contributed by atoms with Gasteiger partial charge in [-0.1, -0.05) is 70.2 Å². The summed E-state index contributed by atoms with van der Waals surface area (Å²) < 4.78 is 12.0. The number of allylic oxidation sites excluding steroid dienone is 1. The third kappa shape index (κ3) is 6.62. The first kappa shape index (κ1) is 30.0. The average molecular weight is 572 g/mol. The van der Waals surface area contributed by atoms with Gasteiger partial charge in [-0.25, -0.2) is 4.98 Å². The van der Waals surface area contributed by atoms with Gasteiger partial charge in [0.1, 0.15) is 16.9 Å². The van der Waals surface area contributed by atoms with E-state index >= 15 is 0 Å². The summed E-state index contributed by atoms with van der Waals surface area (Å²) in [6, 6.07) is 16.3. The monoisotopic (exact) mass is 571 g/mol. The third-order valence-corrected chi connectivity index (χ3v) is 8.87. The number of carbonyl (C=O) groups excluding carboxylic acids is 2. The van der Waals surface area contributed by atoms with E-state index in [1.54, 1.807) is 6.07 Å². The number of H-pyrrole nitrogens is 1. The highest BCUT2D eigenvalue weighted by atomic mass is 16.6. The van der Waals surface area contributed by atoms with Gasteiger partial charge in [-0.2, -0.15) is 0 Å². The minimum Gasteiger partial charge on any atom is -0.458 e. The fraction of sp³-hybridized carbons (Fsp3) is 0.514. The van der Waals surface area contributed by atoms with Gasteiger partial charge in [0.15, 0.2) is 5.75 Å². The highest BCUT2D eigenvalue weighted by molar-refractivity contribution is 5.85. The summed E-state index contributed by atoms with van der Waals surface area (Å²) in [5.41, 5.74) is 3.84. The average Bonchev–Trinajstić information content (AvgIpc) is 3.40. The van der Waals surface area contributed by atoms with Gasteiger partial charge in [-0.05, 0) is 68.5 Å². The summed E-state index contributed by atoms with van der Waals surface area (Å²) in [6.07, 6.45) is 8.08. The maximum Gasteiger partial charge on any atom is 0.313 e. The van der Waals surface area contributed by atoms with Crippen LogP contribution in [0.2, 0.25) is 0 Å². The molecule has 3 atom stereocenters. The first-order valence-electron chi connectivity index (χ1n) is 15.5. The smallest absolute Gasteiger partial charge is 0.313 e. The van der Waals surface area contributed by atoms with Crippen molar-refractivity contribution in [1.29, 1.82) is 0 Å². The van der Waals surface area contributed by atoms with E-state index in [1.165, 1.54) is 11.1 Å². The Labute approximate surface area is 249 Å². The molecule has 42 heavy (non-hydrogen) atoms. The molecule has 3 aliphatic carbocycles. The van der Waals surface area contributed by atoms with Gasteiger partial charge in [0.2, 0.25) is 0 Å². The van der Waals surface area contributed by atoms with Crippen molar-refractivity contribution in [2.75, 3.05) is 20.1 Å². The lowest BCUT2D eigenvalue weighted by Gasteiger charge is -2.50. The molecular formula is C35H45N3O4. The number of aromatic amines is 1. The molecule has 0 saturated heterocycles. The molecule has 224 valence electrons. The van der Waals surface area contributed by atoms with Crippen LogP contribution in [0.1, 0.15) is 71.2 Å². The molecule has 0 aliphatic heterocycles. The van der Waals surface area contributed by atoms with Crippen molar-refractivity contribution in [2.45, 2.75) is 71.8 Å². The van der Waals surface area contributed by atoms with E-state index in [0.29, 0.717) is 17.2 Å². The van der Waals surface area contributed by atoms with E-state index in [9.17, 15) is 9.59 Å². The Morgan fingerprint density at radius 1 is 1.00 bits per heavy atom. The Hall–Kier alpha value is -3.45. The number of benzene rings is 2. The largest absolute Gasteiger partial charge is 0.458 e. The molecule has 7 nitrogen and oxygen atoms in total. The molecule has 1 heterocycles. The fourth-order valence-corrected chi connectivity index (χ4v) is 6.40. The van der Waals surface area contributed by atoms with Crippen molar-refractivity contribution >= 4 is 28.5 Å². The molecule has 6 rings (SSSR count). The van der Waals surface area contributed by atoms with E-state index < -0.39 is 5.60 Å². The number of ether oxygens (including phenoxy) is 2. The molecule has 0 unspecified atom stereocenters. The van der Waals surface area contributed by atoms with Crippen LogP contribution in [-0.2, 0) is 20.7 Å². The number of para-hydroxylation sites is 1. The molecule has 1 fully saturated rings. The van der Waals surface area contributed by atoms with Crippen LogP contribution >= 0.6 is 0 Å². The predicted octanol–water partition coefficient (Wildman–Crippen LogP) is 6.83. The number of esters is 2. The van der Waals surface area contributed by atoms with Crippen molar-refractivity contribution in [1.82, 2.24) is 14.9 Å². The lowest BCUT2D eigenvalue weighted by Crippen LogP contribution is -2.51. The summed E-state index contributed by atoms with van der Waals surface area (Å²) in [5, 5.41) is 0. The minimum absolute atomic E-state index is 0.0943. The van der Waals surface area contributed by atoms with Crippen molar-refractivity contribution in [3.63, 3.8) is 0 Å². The number of rotatable bonds is 12. The van der Waals surface area contributed by atoms with Crippen LogP contribution in [0.15, 0.2) is 54.6 Å². The molecule has 2 aromatic carbocycles. The second kappa shape index (κ2) is 12.8. The maximum atomic E-state index is 12.9. The lowest BCUT2D eigenvalue weighted by molar-refractivity contribution is -0.176. The number of hydrogen-bond donors (Lipinski definition) is 1. The maximum absolute atomic E-state index is 12.9. The number of aromatic nitrogens is 2. The van der Waals surface area contributed by atoms with E-state index in [0.717, 1.165) is 63.0 Å². The molecule has 2 bridgehead atoms. The summed E-state index contributed by atoms with van der Waals surface area (Å²) in [5.74, 6) is 1.34. The number of nitrogens with zero attached hydrogens (tertiary/aromatic N) is 2. The van der Waals surface area contributed by atoms with Gasteiger partial charge < -0.3 is 19.4 Å². The molecular weight excluding hydrogens is 526 g/mol. The van der Waals surface area contributed by atoms with Crippen LogP contribution in [0, 0.1) is 23.7 Å². The Morgan fingerprint density at radius 3 is 2.45 bits per heavy atom. The van der Waals surface area contributed by atoms with Crippen LogP contribution < -0.4 is 4.74 Å². The summed E-state index contributed by atoms with van der Waals surface area (Å²) in [7, 11) is 2.15. The van der Waals surface area contributed by atoms with Crippen LogP contribution in [0.5, 0.6) is 5.75 Å². The number of imidazole rings is 1. The minimum atomic E-state index is -0.445. The van der Waals surface area contributed by atoms with E-state index in [1.807, 2.05) is 39.8 Å². The second-order valence-corrected chi connectivity index (χ2v) is 12.8. The third-order valence-electron chi connectivity index (χ3n) is 8.87. The summed E-state index contributed by atoms with van der Waals surface area (Å²) >= 11 is 0.